The van der Waals surface area contributed by atoms with E-state index < -0.39 is 0 Å². The van der Waals surface area contributed by atoms with Gasteiger partial charge in [-0.25, -0.2) is 0 Å². The molecule has 0 heterocycles. The SMILES string of the molecule is NC(=O)Cc1cccc(OCc2c(Cl)cccc2Cl)c1. The lowest BCUT2D eigenvalue weighted by Gasteiger charge is -2.10. The second kappa shape index (κ2) is 6.64. The van der Waals surface area contributed by atoms with Crippen LogP contribution in [-0.4, -0.2) is 5.91 Å². The largest absolute Gasteiger partial charge is 0.489 e. The van der Waals surface area contributed by atoms with Crippen LogP contribution in [0.3, 0.4) is 0 Å². The van der Waals surface area contributed by atoms with Crippen molar-refractivity contribution in [3.05, 3.63) is 63.6 Å². The van der Waals surface area contributed by atoms with Gasteiger partial charge in [0, 0.05) is 15.6 Å². The van der Waals surface area contributed by atoms with Crippen LogP contribution in [-0.2, 0) is 17.8 Å². The minimum atomic E-state index is -0.378. The second-order valence-corrected chi connectivity index (χ2v) is 5.09. The highest BCUT2D eigenvalue weighted by Crippen LogP contribution is 2.26. The average Bonchev–Trinajstić information content (AvgIpc) is 2.38. The first-order valence-electron chi connectivity index (χ1n) is 5.99. The molecule has 104 valence electrons. The number of nitrogens with two attached hydrogens (primary N) is 1. The van der Waals surface area contributed by atoms with Crippen molar-refractivity contribution < 1.29 is 9.53 Å². The third-order valence-corrected chi connectivity index (χ3v) is 3.43. The predicted octanol–water partition coefficient (Wildman–Crippen LogP) is 3.60. The molecule has 0 aliphatic carbocycles. The lowest BCUT2D eigenvalue weighted by atomic mass is 10.1. The molecule has 0 spiro atoms. The fraction of sp³-hybridized carbons (Fsp3) is 0.133. The standard InChI is InChI=1S/C15H13Cl2NO2/c16-13-5-2-6-14(17)12(13)9-20-11-4-1-3-10(7-11)8-15(18)19/h1-7H,8-9H2,(H2,18,19). The molecule has 20 heavy (non-hydrogen) atoms. The van der Waals surface area contributed by atoms with Gasteiger partial charge in [0.15, 0.2) is 0 Å². The number of carbonyl (C=O) groups excluding carboxylic acids is 1. The van der Waals surface area contributed by atoms with Crippen molar-refractivity contribution in [2.45, 2.75) is 13.0 Å². The molecule has 3 nitrogen and oxygen atoms in total. The zero-order valence-electron chi connectivity index (χ0n) is 10.6. The van der Waals surface area contributed by atoms with Gasteiger partial charge in [0.25, 0.3) is 0 Å². The number of ether oxygens (including phenoxy) is 1. The fourth-order valence-corrected chi connectivity index (χ4v) is 2.28. The number of primary amides is 1. The summed E-state index contributed by atoms with van der Waals surface area (Å²) in [6.45, 7) is 0.262. The van der Waals surface area contributed by atoms with Crippen LogP contribution in [0.1, 0.15) is 11.1 Å². The third-order valence-electron chi connectivity index (χ3n) is 2.72. The van der Waals surface area contributed by atoms with Crippen molar-refractivity contribution in [3.63, 3.8) is 0 Å². The summed E-state index contributed by atoms with van der Waals surface area (Å²) in [4.78, 5) is 10.9. The van der Waals surface area contributed by atoms with Crippen LogP contribution in [0.5, 0.6) is 5.75 Å². The van der Waals surface area contributed by atoms with Gasteiger partial charge in [0.1, 0.15) is 12.4 Å². The minimum absolute atomic E-state index is 0.185. The van der Waals surface area contributed by atoms with Crippen molar-refractivity contribution in [2.75, 3.05) is 0 Å². The second-order valence-electron chi connectivity index (χ2n) is 4.28. The molecule has 0 saturated carbocycles. The van der Waals surface area contributed by atoms with E-state index in [1.807, 2.05) is 12.1 Å². The first-order valence-corrected chi connectivity index (χ1v) is 6.75. The van der Waals surface area contributed by atoms with Gasteiger partial charge in [0.2, 0.25) is 5.91 Å². The molecule has 5 heteroatoms. The summed E-state index contributed by atoms with van der Waals surface area (Å²) in [7, 11) is 0. The van der Waals surface area contributed by atoms with E-state index in [1.54, 1.807) is 30.3 Å². The van der Waals surface area contributed by atoms with Gasteiger partial charge >= 0.3 is 0 Å². The minimum Gasteiger partial charge on any atom is -0.489 e. The van der Waals surface area contributed by atoms with Crippen LogP contribution >= 0.6 is 23.2 Å². The molecule has 2 N–H and O–H groups in total. The highest BCUT2D eigenvalue weighted by Gasteiger charge is 2.07. The van der Waals surface area contributed by atoms with Gasteiger partial charge in [-0.3, -0.25) is 4.79 Å². The van der Waals surface area contributed by atoms with Crippen molar-refractivity contribution in [1.82, 2.24) is 0 Å². The zero-order chi connectivity index (χ0) is 14.5. The Morgan fingerprint density at radius 3 is 2.40 bits per heavy atom. The summed E-state index contributed by atoms with van der Waals surface area (Å²) in [5.74, 6) is 0.260. The van der Waals surface area contributed by atoms with E-state index in [1.165, 1.54) is 0 Å². The maximum atomic E-state index is 10.9. The highest BCUT2D eigenvalue weighted by atomic mass is 35.5. The molecule has 1 amide bonds. The van der Waals surface area contributed by atoms with Crippen molar-refractivity contribution in [1.29, 1.82) is 0 Å². The van der Waals surface area contributed by atoms with Crippen molar-refractivity contribution >= 4 is 29.1 Å². The van der Waals surface area contributed by atoms with Crippen molar-refractivity contribution in [3.8, 4) is 5.75 Å². The van der Waals surface area contributed by atoms with E-state index in [0.717, 1.165) is 11.1 Å². The first-order chi connectivity index (χ1) is 9.56. The Hall–Kier alpha value is -1.71. The molecule has 0 aliphatic heterocycles. The maximum Gasteiger partial charge on any atom is 0.221 e. The Kier molecular flexibility index (Phi) is 4.88. The monoisotopic (exact) mass is 309 g/mol. The maximum absolute atomic E-state index is 10.9. The summed E-state index contributed by atoms with van der Waals surface area (Å²) in [6, 6.07) is 12.5. The van der Waals surface area contributed by atoms with Crippen LogP contribution in [0.2, 0.25) is 10.0 Å². The smallest absolute Gasteiger partial charge is 0.221 e. The summed E-state index contributed by atoms with van der Waals surface area (Å²) in [5.41, 5.74) is 6.70. The molecule has 0 radical (unpaired) electrons. The number of carbonyl (C=O) groups is 1. The molecular formula is C15H13Cl2NO2. The number of halogens is 2. The summed E-state index contributed by atoms with van der Waals surface area (Å²) in [5, 5.41) is 1.12. The number of amides is 1. The van der Waals surface area contributed by atoms with Gasteiger partial charge in [-0.05, 0) is 29.8 Å². The average molecular weight is 310 g/mol. The number of benzene rings is 2. The van der Waals surface area contributed by atoms with Crippen LogP contribution < -0.4 is 10.5 Å². The molecule has 2 aromatic carbocycles. The van der Waals surface area contributed by atoms with Crippen molar-refractivity contribution in [2.24, 2.45) is 5.73 Å². The van der Waals surface area contributed by atoms with Crippen LogP contribution in [0, 0.1) is 0 Å². The lowest BCUT2D eigenvalue weighted by molar-refractivity contribution is -0.117. The Morgan fingerprint density at radius 2 is 1.75 bits per heavy atom. The molecule has 0 fully saturated rings. The summed E-state index contributed by atoms with van der Waals surface area (Å²) in [6.07, 6.45) is 0.185. The van der Waals surface area contributed by atoms with E-state index in [4.69, 9.17) is 33.7 Å². The molecular weight excluding hydrogens is 297 g/mol. The highest BCUT2D eigenvalue weighted by molar-refractivity contribution is 6.35. The topological polar surface area (TPSA) is 52.3 Å². The van der Waals surface area contributed by atoms with Gasteiger partial charge in [0.05, 0.1) is 6.42 Å². The van der Waals surface area contributed by atoms with E-state index in [-0.39, 0.29) is 18.9 Å². The molecule has 2 rings (SSSR count). The Labute approximate surface area is 127 Å². The third kappa shape index (κ3) is 3.89. The van der Waals surface area contributed by atoms with Gasteiger partial charge in [-0.2, -0.15) is 0 Å². The van der Waals surface area contributed by atoms with Crippen LogP contribution in [0.4, 0.5) is 0 Å². The molecule has 0 unspecified atom stereocenters. The van der Waals surface area contributed by atoms with E-state index >= 15 is 0 Å². The number of hydrogen-bond donors (Lipinski definition) is 1. The van der Waals surface area contributed by atoms with Crippen LogP contribution in [0.25, 0.3) is 0 Å². The quantitative estimate of drug-likeness (QED) is 0.917. The molecule has 2 aromatic rings. The van der Waals surface area contributed by atoms with Crippen LogP contribution in [0.15, 0.2) is 42.5 Å². The van der Waals surface area contributed by atoms with Gasteiger partial charge in [-0.1, -0.05) is 41.4 Å². The number of rotatable bonds is 5. The normalized spacial score (nSPS) is 10.3. The molecule has 0 atom stereocenters. The number of hydrogen-bond acceptors (Lipinski definition) is 2. The van der Waals surface area contributed by atoms with Gasteiger partial charge < -0.3 is 10.5 Å². The fourth-order valence-electron chi connectivity index (χ4n) is 1.77. The predicted molar refractivity (Wildman–Crippen MR) is 80.1 cm³/mol. The summed E-state index contributed by atoms with van der Waals surface area (Å²) < 4.78 is 5.65. The molecule has 0 bridgehead atoms. The zero-order valence-corrected chi connectivity index (χ0v) is 12.1. The Balaban J connectivity index is 2.09. The lowest BCUT2D eigenvalue weighted by Crippen LogP contribution is -2.13. The molecule has 0 aromatic heterocycles. The van der Waals surface area contributed by atoms with E-state index in [0.29, 0.717) is 15.8 Å². The Morgan fingerprint density at radius 1 is 1.10 bits per heavy atom. The van der Waals surface area contributed by atoms with Gasteiger partial charge in [-0.15, -0.1) is 0 Å². The Bertz CT molecular complexity index is 609. The first kappa shape index (κ1) is 14.7. The summed E-state index contributed by atoms with van der Waals surface area (Å²) >= 11 is 12.1. The van der Waals surface area contributed by atoms with E-state index in [9.17, 15) is 4.79 Å². The van der Waals surface area contributed by atoms with E-state index in [2.05, 4.69) is 0 Å². The molecule has 0 aliphatic rings. The molecule has 0 saturated heterocycles.